The van der Waals surface area contributed by atoms with E-state index in [9.17, 15) is 9.59 Å². The van der Waals surface area contributed by atoms with Gasteiger partial charge in [-0.05, 0) is 62.3 Å². The van der Waals surface area contributed by atoms with E-state index in [1.807, 2.05) is 13.1 Å². The number of halogens is 3. The molecule has 0 radical (unpaired) electrons. The van der Waals surface area contributed by atoms with Crippen LogP contribution in [-0.4, -0.2) is 62.9 Å². The summed E-state index contributed by atoms with van der Waals surface area (Å²) in [6.07, 6.45) is 2.10. The zero-order chi connectivity index (χ0) is 24.7. The maximum Gasteiger partial charge on any atom is 0.237 e. The van der Waals surface area contributed by atoms with Gasteiger partial charge in [-0.25, -0.2) is 4.39 Å². The molecule has 2 aromatic carbocycles. The molecule has 2 heterocycles. The molecule has 2 saturated heterocycles. The van der Waals surface area contributed by atoms with Gasteiger partial charge in [0.2, 0.25) is 5.91 Å². The first kappa shape index (κ1) is 24.9. The van der Waals surface area contributed by atoms with Crippen molar-refractivity contribution in [2.75, 3.05) is 39.5 Å². The van der Waals surface area contributed by atoms with Gasteiger partial charge in [-0.3, -0.25) is 10.1 Å². The number of carbonyl (C=O) groups is 2. The summed E-state index contributed by atoms with van der Waals surface area (Å²) in [6, 6.07) is 9.17. The third-order valence-corrected chi connectivity index (χ3v) is 8.14. The van der Waals surface area contributed by atoms with E-state index in [1.165, 1.54) is 6.07 Å². The summed E-state index contributed by atoms with van der Waals surface area (Å²) >= 11 is 12.5. The molecular weight excluding hydrogens is 478 g/mol. The summed E-state index contributed by atoms with van der Waals surface area (Å²) in [5, 5.41) is 9.85. The number of likely N-dealkylation sites (tertiary alicyclic amines) is 1. The Morgan fingerprint density at radius 2 is 1.91 bits per heavy atom. The number of nitrogens with one attached hydrogen (secondary N) is 3. The Morgan fingerprint density at radius 3 is 2.53 bits per heavy atom. The van der Waals surface area contributed by atoms with Crippen LogP contribution in [0.4, 0.5) is 10.1 Å². The predicted octanol–water partition coefficient (Wildman–Crippen LogP) is 3.58. The number of nitrogens with zero attached hydrogens (tertiary/aromatic N) is 1. The van der Waals surface area contributed by atoms with E-state index in [2.05, 4.69) is 20.9 Å². The van der Waals surface area contributed by atoms with Crippen LogP contribution >= 0.6 is 23.2 Å². The van der Waals surface area contributed by atoms with Crippen molar-refractivity contribution >= 4 is 41.1 Å². The van der Waals surface area contributed by atoms with Crippen LogP contribution in [0.3, 0.4) is 0 Å². The number of aldehydes is 1. The van der Waals surface area contributed by atoms with Crippen molar-refractivity contribution in [3.63, 3.8) is 0 Å². The van der Waals surface area contributed by atoms with E-state index in [1.54, 1.807) is 38.4 Å². The molecule has 34 heavy (non-hydrogen) atoms. The van der Waals surface area contributed by atoms with Crippen LogP contribution in [0, 0.1) is 5.82 Å². The molecule has 3 unspecified atom stereocenters. The van der Waals surface area contributed by atoms with Gasteiger partial charge in [0.15, 0.2) is 0 Å². The van der Waals surface area contributed by atoms with Gasteiger partial charge in [0.25, 0.3) is 0 Å². The molecule has 1 spiro atoms. The molecular formula is C25H29Cl2FN4O2. The Morgan fingerprint density at radius 1 is 1.21 bits per heavy atom. The van der Waals surface area contributed by atoms with Crippen molar-refractivity contribution in [2.45, 2.75) is 35.8 Å². The lowest BCUT2D eigenvalue weighted by Crippen LogP contribution is -2.62. The first-order valence-electron chi connectivity index (χ1n) is 11.3. The molecule has 2 fully saturated rings. The van der Waals surface area contributed by atoms with Crippen molar-refractivity contribution in [1.82, 2.24) is 15.5 Å². The molecule has 1 amide bonds. The number of rotatable bonds is 5. The molecule has 6 nitrogen and oxygen atoms in total. The van der Waals surface area contributed by atoms with Gasteiger partial charge in [-0.1, -0.05) is 41.4 Å². The minimum Gasteiger partial charge on any atom is -0.388 e. The molecule has 4 rings (SSSR count). The second-order valence-corrected chi connectivity index (χ2v) is 10.0. The molecule has 0 bridgehead atoms. The highest BCUT2D eigenvalue weighted by atomic mass is 35.5. The average molecular weight is 507 g/mol. The smallest absolute Gasteiger partial charge is 0.237 e. The van der Waals surface area contributed by atoms with E-state index in [-0.39, 0.29) is 16.5 Å². The first-order valence-corrected chi connectivity index (χ1v) is 12.1. The molecule has 3 N–H and O–H groups in total. The minimum atomic E-state index is -1.28. The molecule has 2 aromatic rings. The summed E-state index contributed by atoms with van der Waals surface area (Å²) in [6.45, 7) is 1.44. The summed E-state index contributed by atoms with van der Waals surface area (Å²) in [5.74, 6) is -1.78. The maximum atomic E-state index is 15.6. The molecule has 2 aliphatic rings. The first-order chi connectivity index (χ1) is 16.2. The topological polar surface area (TPSA) is 73.5 Å². The van der Waals surface area contributed by atoms with Crippen LogP contribution in [0.25, 0.3) is 0 Å². The molecule has 0 saturated carbocycles. The summed E-state index contributed by atoms with van der Waals surface area (Å²) in [7, 11) is 5.32. The minimum absolute atomic E-state index is 0.0535. The standard InChI is InChI=1S/C25H29Cl2FN4O2/c1-29-19-13-15(26)7-8-17(19)25(14-33)20(16-5-4-6-18(27)21(16)28)22(23(34)30-2)31-24(25)9-11-32(3)12-10-24/h4-8,13-14,20,22,29,31H,9-12H2,1-3H3,(H,30,34). The second kappa shape index (κ2) is 9.46. The number of likely N-dealkylation sites (N-methyl/N-ethyl adjacent to an activating group) is 1. The average Bonchev–Trinajstić information content (AvgIpc) is 3.12. The number of anilines is 1. The van der Waals surface area contributed by atoms with Crippen molar-refractivity contribution in [1.29, 1.82) is 0 Å². The lowest BCUT2D eigenvalue weighted by Gasteiger charge is -2.49. The molecule has 0 aliphatic carbocycles. The van der Waals surface area contributed by atoms with Gasteiger partial charge in [0.1, 0.15) is 12.1 Å². The fraction of sp³-hybridized carbons (Fsp3) is 0.440. The predicted molar refractivity (Wildman–Crippen MR) is 133 cm³/mol. The Hall–Kier alpha value is -2.19. The number of benzene rings is 2. The van der Waals surface area contributed by atoms with Crippen molar-refractivity contribution in [3.8, 4) is 0 Å². The Kier molecular flexibility index (Phi) is 6.93. The molecule has 2 aliphatic heterocycles. The monoisotopic (exact) mass is 506 g/mol. The van der Waals surface area contributed by atoms with Crippen molar-refractivity contribution in [3.05, 3.63) is 63.4 Å². The van der Waals surface area contributed by atoms with Gasteiger partial charge < -0.3 is 20.3 Å². The Bertz CT molecular complexity index is 1110. The van der Waals surface area contributed by atoms with Crippen LogP contribution in [0.15, 0.2) is 36.4 Å². The van der Waals surface area contributed by atoms with E-state index in [0.29, 0.717) is 29.1 Å². The SMILES string of the molecule is CNC(=O)C1NC2(CCN(C)CC2)C(C=O)(c2ccc(Cl)cc2NC)C1c1cccc(Cl)c1F. The summed E-state index contributed by atoms with van der Waals surface area (Å²) in [5.41, 5.74) is -0.516. The van der Waals surface area contributed by atoms with E-state index in [0.717, 1.165) is 19.4 Å². The lowest BCUT2D eigenvalue weighted by molar-refractivity contribution is -0.122. The molecule has 182 valence electrons. The third kappa shape index (κ3) is 3.70. The van der Waals surface area contributed by atoms with E-state index < -0.39 is 28.7 Å². The van der Waals surface area contributed by atoms with Crippen LogP contribution in [0.1, 0.15) is 29.9 Å². The fourth-order valence-corrected chi connectivity index (χ4v) is 6.29. The number of carbonyl (C=O) groups excluding carboxylic acids is 2. The number of hydrogen-bond acceptors (Lipinski definition) is 5. The van der Waals surface area contributed by atoms with Gasteiger partial charge in [-0.15, -0.1) is 0 Å². The highest BCUT2D eigenvalue weighted by molar-refractivity contribution is 6.31. The van der Waals surface area contributed by atoms with E-state index in [4.69, 9.17) is 23.2 Å². The normalized spacial score (nSPS) is 26.4. The van der Waals surface area contributed by atoms with Gasteiger partial charge >= 0.3 is 0 Å². The number of piperidine rings is 1. The van der Waals surface area contributed by atoms with Crippen LogP contribution < -0.4 is 16.0 Å². The van der Waals surface area contributed by atoms with Gasteiger partial charge in [0.05, 0.1) is 16.5 Å². The highest BCUT2D eigenvalue weighted by Crippen LogP contribution is 2.58. The van der Waals surface area contributed by atoms with E-state index >= 15 is 4.39 Å². The fourth-order valence-electron chi connectivity index (χ4n) is 5.94. The van der Waals surface area contributed by atoms with Crippen LogP contribution in [-0.2, 0) is 15.0 Å². The Balaban J connectivity index is 2.09. The van der Waals surface area contributed by atoms with Crippen molar-refractivity contribution < 1.29 is 14.0 Å². The van der Waals surface area contributed by atoms with Gasteiger partial charge in [-0.2, -0.15) is 0 Å². The zero-order valence-electron chi connectivity index (χ0n) is 19.4. The number of amides is 1. The largest absolute Gasteiger partial charge is 0.388 e. The van der Waals surface area contributed by atoms with Crippen molar-refractivity contribution in [2.24, 2.45) is 0 Å². The van der Waals surface area contributed by atoms with Crippen LogP contribution in [0.2, 0.25) is 10.0 Å². The third-order valence-electron chi connectivity index (χ3n) is 7.62. The Labute approximate surface area is 209 Å². The zero-order valence-corrected chi connectivity index (χ0v) is 20.9. The summed E-state index contributed by atoms with van der Waals surface area (Å²) < 4.78 is 15.6. The molecule has 3 atom stereocenters. The highest BCUT2D eigenvalue weighted by Gasteiger charge is 2.67. The summed E-state index contributed by atoms with van der Waals surface area (Å²) in [4.78, 5) is 28.9. The quantitative estimate of drug-likeness (QED) is 0.540. The number of hydrogen-bond donors (Lipinski definition) is 3. The van der Waals surface area contributed by atoms with Gasteiger partial charge in [0, 0.05) is 36.3 Å². The molecule has 9 heteroatoms. The maximum absolute atomic E-state index is 15.6. The lowest BCUT2D eigenvalue weighted by atomic mass is 9.56. The second-order valence-electron chi connectivity index (χ2n) is 9.17. The molecule has 0 aromatic heterocycles. The van der Waals surface area contributed by atoms with Crippen LogP contribution in [0.5, 0.6) is 0 Å².